The molecule has 0 aromatic heterocycles. The Labute approximate surface area is 176 Å². The molecule has 0 aliphatic carbocycles. The maximum Gasteiger partial charge on any atom is 0.311 e. The molecular weight excluding hydrogens is 364 g/mol. The topological polar surface area (TPSA) is 44.8 Å². The Morgan fingerprint density at radius 2 is 1.76 bits per heavy atom. The highest BCUT2D eigenvalue weighted by atomic mass is 16.5. The van der Waals surface area contributed by atoms with E-state index in [2.05, 4.69) is 26.0 Å². The summed E-state index contributed by atoms with van der Waals surface area (Å²) in [7, 11) is 1.66. The van der Waals surface area contributed by atoms with Gasteiger partial charge in [0.15, 0.2) is 0 Å². The molecule has 0 saturated carbocycles. The van der Waals surface area contributed by atoms with E-state index in [4.69, 9.17) is 14.2 Å². The summed E-state index contributed by atoms with van der Waals surface area (Å²) in [6.07, 6.45) is 8.29. The molecule has 0 atom stereocenters. The fourth-order valence-electron chi connectivity index (χ4n) is 2.63. The average molecular weight is 403 g/mol. The molecule has 162 valence electrons. The number of hydrogen-bond acceptors (Lipinski definition) is 4. The minimum absolute atomic E-state index is 0.149. The van der Waals surface area contributed by atoms with Gasteiger partial charge in [-0.05, 0) is 70.2 Å². The average Bonchev–Trinajstić information content (AvgIpc) is 2.68. The lowest BCUT2D eigenvalue weighted by molar-refractivity contribution is -0.151. The number of rotatable bonds is 12. The highest BCUT2D eigenvalue weighted by Crippen LogP contribution is 2.17. The van der Waals surface area contributed by atoms with Gasteiger partial charge in [0.1, 0.15) is 12.4 Å². The van der Waals surface area contributed by atoms with Crippen LogP contribution in [0.3, 0.4) is 0 Å². The summed E-state index contributed by atoms with van der Waals surface area (Å²) in [6, 6.07) is 7.92. The van der Waals surface area contributed by atoms with Crippen molar-refractivity contribution < 1.29 is 19.0 Å². The third kappa shape index (κ3) is 10.9. The molecule has 0 radical (unpaired) electrons. The molecule has 4 nitrogen and oxygen atoms in total. The zero-order valence-electron chi connectivity index (χ0n) is 19.0. The predicted molar refractivity (Wildman–Crippen MR) is 119 cm³/mol. The Bertz CT molecular complexity index is 663. The van der Waals surface area contributed by atoms with Crippen molar-refractivity contribution in [2.75, 3.05) is 20.3 Å². The molecule has 0 aliphatic rings. The van der Waals surface area contributed by atoms with E-state index in [-0.39, 0.29) is 5.97 Å². The van der Waals surface area contributed by atoms with E-state index < -0.39 is 5.41 Å². The van der Waals surface area contributed by atoms with E-state index in [1.54, 1.807) is 7.11 Å². The first kappa shape index (κ1) is 25.0. The van der Waals surface area contributed by atoms with Crippen LogP contribution in [0.25, 0.3) is 0 Å². The molecule has 1 rings (SSSR count). The molecule has 0 bridgehead atoms. The van der Waals surface area contributed by atoms with Crippen LogP contribution in [0.2, 0.25) is 0 Å². The van der Waals surface area contributed by atoms with Crippen LogP contribution in [0.1, 0.15) is 65.9 Å². The second-order valence-corrected chi connectivity index (χ2v) is 8.39. The van der Waals surface area contributed by atoms with Gasteiger partial charge in [0.2, 0.25) is 0 Å². The maximum atomic E-state index is 12.0. The second kappa shape index (κ2) is 13.2. The van der Waals surface area contributed by atoms with Crippen molar-refractivity contribution in [1.29, 1.82) is 0 Å². The Hall–Kier alpha value is -2.07. The second-order valence-electron chi connectivity index (χ2n) is 8.39. The highest BCUT2D eigenvalue weighted by Gasteiger charge is 2.23. The van der Waals surface area contributed by atoms with Crippen LogP contribution in [0.15, 0.2) is 47.6 Å². The van der Waals surface area contributed by atoms with E-state index in [0.29, 0.717) is 19.8 Å². The first-order valence-electron chi connectivity index (χ1n) is 10.5. The number of methoxy groups -OCH3 is 1. The summed E-state index contributed by atoms with van der Waals surface area (Å²) in [4.78, 5) is 12.0. The van der Waals surface area contributed by atoms with Crippen LogP contribution in [0.5, 0.6) is 5.75 Å². The third-order valence-electron chi connectivity index (χ3n) is 4.52. The first-order valence-corrected chi connectivity index (χ1v) is 10.5. The van der Waals surface area contributed by atoms with E-state index in [9.17, 15) is 4.79 Å². The molecule has 4 heteroatoms. The van der Waals surface area contributed by atoms with Gasteiger partial charge in [0, 0.05) is 0 Å². The Kier molecular flexibility index (Phi) is 11.4. The highest BCUT2D eigenvalue weighted by molar-refractivity contribution is 5.75. The van der Waals surface area contributed by atoms with Crippen molar-refractivity contribution in [1.82, 2.24) is 0 Å². The van der Waals surface area contributed by atoms with Gasteiger partial charge in [0.25, 0.3) is 0 Å². The summed E-state index contributed by atoms with van der Waals surface area (Å²) in [5, 5.41) is 0. The van der Waals surface area contributed by atoms with Crippen LogP contribution >= 0.6 is 0 Å². The third-order valence-corrected chi connectivity index (χ3v) is 4.52. The van der Waals surface area contributed by atoms with Crippen LogP contribution < -0.4 is 4.74 Å². The van der Waals surface area contributed by atoms with Crippen LogP contribution in [-0.2, 0) is 20.9 Å². The number of benzene rings is 1. The number of allylic oxidation sites excluding steroid dienone is 2. The van der Waals surface area contributed by atoms with E-state index in [0.717, 1.165) is 37.0 Å². The standard InChI is InChI=1S/C25H38O4/c1-7-9-21(19-29-24(26)25(3,4)5)11-8-10-20(2)16-17-28-18-22-12-14-23(27-6)15-13-22/h11-16H,7-10,17-19H2,1-6H3/b20-16+,21-11-. The monoisotopic (exact) mass is 402 g/mol. The number of ether oxygens (including phenoxy) is 3. The molecule has 0 amide bonds. The minimum Gasteiger partial charge on any atom is -0.497 e. The van der Waals surface area contributed by atoms with E-state index >= 15 is 0 Å². The summed E-state index contributed by atoms with van der Waals surface area (Å²) in [6.45, 7) is 11.5. The van der Waals surface area contributed by atoms with Gasteiger partial charge >= 0.3 is 5.97 Å². The van der Waals surface area contributed by atoms with Crippen molar-refractivity contribution in [2.24, 2.45) is 5.41 Å². The van der Waals surface area contributed by atoms with Gasteiger partial charge in [0.05, 0.1) is 25.7 Å². The number of carbonyl (C=O) groups excluding carboxylic acids is 1. The van der Waals surface area contributed by atoms with Gasteiger partial charge in [-0.1, -0.05) is 43.2 Å². The van der Waals surface area contributed by atoms with Crippen LogP contribution in [0, 0.1) is 5.41 Å². The molecule has 0 N–H and O–H groups in total. The van der Waals surface area contributed by atoms with E-state index in [1.807, 2.05) is 45.0 Å². The molecular formula is C25H38O4. The molecule has 29 heavy (non-hydrogen) atoms. The Morgan fingerprint density at radius 1 is 1.07 bits per heavy atom. The fraction of sp³-hybridized carbons (Fsp3) is 0.560. The molecule has 0 fully saturated rings. The van der Waals surface area contributed by atoms with Crippen molar-refractivity contribution in [3.8, 4) is 5.75 Å². The molecule has 1 aromatic carbocycles. The van der Waals surface area contributed by atoms with Gasteiger partial charge in [-0.25, -0.2) is 0 Å². The lowest BCUT2D eigenvalue weighted by atomic mass is 9.97. The van der Waals surface area contributed by atoms with Crippen molar-refractivity contribution in [3.05, 3.63) is 53.1 Å². The van der Waals surface area contributed by atoms with Gasteiger partial charge in [-0.15, -0.1) is 0 Å². The van der Waals surface area contributed by atoms with Crippen molar-refractivity contribution in [2.45, 2.75) is 66.9 Å². The molecule has 0 spiro atoms. The summed E-state index contributed by atoms with van der Waals surface area (Å²) >= 11 is 0. The molecule has 0 unspecified atom stereocenters. The Morgan fingerprint density at radius 3 is 2.34 bits per heavy atom. The summed E-state index contributed by atoms with van der Waals surface area (Å²) in [5.41, 5.74) is 3.18. The maximum absolute atomic E-state index is 12.0. The minimum atomic E-state index is -0.456. The SMILES string of the molecule is CCC/C(=C/CC/C(C)=C/COCc1ccc(OC)cc1)COC(=O)C(C)(C)C. The molecule has 0 saturated heterocycles. The lowest BCUT2D eigenvalue weighted by Gasteiger charge is -2.17. The number of hydrogen-bond donors (Lipinski definition) is 0. The molecule has 0 heterocycles. The number of esters is 1. The predicted octanol–water partition coefficient (Wildman–Crippen LogP) is 6.25. The van der Waals surface area contributed by atoms with Crippen molar-refractivity contribution in [3.63, 3.8) is 0 Å². The normalized spacial score (nSPS) is 12.8. The molecule has 1 aromatic rings. The first-order chi connectivity index (χ1) is 13.8. The quantitative estimate of drug-likeness (QED) is 0.235. The zero-order valence-corrected chi connectivity index (χ0v) is 19.0. The van der Waals surface area contributed by atoms with Gasteiger partial charge in [-0.3, -0.25) is 4.79 Å². The fourth-order valence-corrected chi connectivity index (χ4v) is 2.63. The smallest absolute Gasteiger partial charge is 0.311 e. The van der Waals surface area contributed by atoms with Crippen LogP contribution in [0.4, 0.5) is 0 Å². The summed E-state index contributed by atoms with van der Waals surface area (Å²) < 4.78 is 16.4. The summed E-state index contributed by atoms with van der Waals surface area (Å²) in [5.74, 6) is 0.706. The number of carbonyl (C=O) groups is 1. The molecule has 0 aliphatic heterocycles. The lowest BCUT2D eigenvalue weighted by Crippen LogP contribution is -2.23. The zero-order chi connectivity index (χ0) is 21.7. The van der Waals surface area contributed by atoms with Crippen LogP contribution in [-0.4, -0.2) is 26.3 Å². The van der Waals surface area contributed by atoms with Gasteiger partial charge in [-0.2, -0.15) is 0 Å². The van der Waals surface area contributed by atoms with Gasteiger partial charge < -0.3 is 14.2 Å². The van der Waals surface area contributed by atoms with Crippen molar-refractivity contribution >= 4 is 5.97 Å². The Balaban J connectivity index is 2.36. The van der Waals surface area contributed by atoms with E-state index in [1.165, 1.54) is 11.1 Å². The largest absolute Gasteiger partial charge is 0.497 e.